The van der Waals surface area contributed by atoms with Gasteiger partial charge in [0.15, 0.2) is 0 Å². The molecule has 0 bridgehead atoms. The number of nitrogens with zero attached hydrogens (tertiary/aromatic N) is 2. The monoisotopic (exact) mass is 334 g/mol. The van der Waals surface area contributed by atoms with Gasteiger partial charge in [-0.1, -0.05) is 12.1 Å². The number of anilines is 1. The summed E-state index contributed by atoms with van der Waals surface area (Å²) in [6.07, 6.45) is 3.50. The highest BCUT2D eigenvalue weighted by Crippen LogP contribution is 2.27. The number of thiophene rings is 1. The van der Waals surface area contributed by atoms with Crippen LogP contribution in [0.4, 0.5) is 10.5 Å². The van der Waals surface area contributed by atoms with Crippen molar-refractivity contribution in [2.24, 2.45) is 0 Å². The van der Waals surface area contributed by atoms with E-state index in [1.165, 1.54) is 0 Å². The van der Waals surface area contributed by atoms with E-state index in [9.17, 15) is 4.79 Å². The summed E-state index contributed by atoms with van der Waals surface area (Å²) in [5, 5.41) is 16.4. The number of rotatable bonds is 4. The fourth-order valence-electron chi connectivity index (χ4n) is 2.26. The highest BCUT2D eigenvalue weighted by molar-refractivity contribution is 7.13. The largest absolute Gasteiger partial charge is 0.334 e. The molecular formula is C18H14N4OS. The lowest BCUT2D eigenvalue weighted by Crippen LogP contribution is -2.28. The first-order chi connectivity index (χ1) is 11.8. The number of carbonyl (C=O) groups excluding carboxylic acids is 1. The van der Waals surface area contributed by atoms with Crippen LogP contribution in [0.15, 0.2) is 60.2 Å². The Morgan fingerprint density at radius 1 is 1.25 bits per heavy atom. The minimum absolute atomic E-state index is 0.328. The Bertz CT molecular complexity index is 884. The van der Waals surface area contributed by atoms with Crippen LogP contribution in [0.1, 0.15) is 11.1 Å². The van der Waals surface area contributed by atoms with Crippen molar-refractivity contribution in [3.8, 4) is 16.5 Å². The molecule has 24 heavy (non-hydrogen) atoms. The summed E-state index contributed by atoms with van der Waals surface area (Å²) in [7, 11) is 0. The average Bonchev–Trinajstić information content (AvgIpc) is 3.15. The predicted octanol–water partition coefficient (Wildman–Crippen LogP) is 4.00. The standard InChI is InChI=1S/C18H14N4OS/c19-10-13-3-1-4-15(9-13)22-18(23)21-12-14-11-20-7-6-16(14)17-5-2-8-24-17/h1-9,11H,12H2,(H2,21,22,23). The number of urea groups is 1. The van der Waals surface area contributed by atoms with Gasteiger partial charge in [0.05, 0.1) is 11.6 Å². The van der Waals surface area contributed by atoms with E-state index >= 15 is 0 Å². The average molecular weight is 334 g/mol. The third-order valence-corrected chi connectivity index (χ3v) is 4.28. The summed E-state index contributed by atoms with van der Waals surface area (Å²) < 4.78 is 0. The van der Waals surface area contributed by atoms with Gasteiger partial charge in [0, 0.05) is 29.5 Å². The first-order valence-electron chi connectivity index (χ1n) is 7.28. The molecule has 0 saturated heterocycles. The summed E-state index contributed by atoms with van der Waals surface area (Å²) in [5.74, 6) is 0. The van der Waals surface area contributed by atoms with E-state index in [-0.39, 0.29) is 6.03 Å². The Hall–Kier alpha value is -3.17. The molecule has 6 heteroatoms. The molecule has 2 aromatic heterocycles. The molecule has 5 nitrogen and oxygen atoms in total. The fourth-order valence-corrected chi connectivity index (χ4v) is 3.04. The minimum atomic E-state index is -0.328. The van der Waals surface area contributed by atoms with Crippen LogP contribution in [0, 0.1) is 11.3 Å². The van der Waals surface area contributed by atoms with Crippen molar-refractivity contribution >= 4 is 23.1 Å². The lowest BCUT2D eigenvalue weighted by molar-refractivity contribution is 0.252. The van der Waals surface area contributed by atoms with Crippen molar-refractivity contribution in [1.29, 1.82) is 5.26 Å². The summed E-state index contributed by atoms with van der Waals surface area (Å²) >= 11 is 1.64. The molecular weight excluding hydrogens is 320 g/mol. The number of benzene rings is 1. The molecule has 3 rings (SSSR count). The lowest BCUT2D eigenvalue weighted by atomic mass is 10.1. The third kappa shape index (κ3) is 3.77. The molecule has 2 amide bonds. The maximum atomic E-state index is 12.1. The van der Waals surface area contributed by atoms with E-state index < -0.39 is 0 Å². The summed E-state index contributed by atoms with van der Waals surface area (Å²) in [6, 6.07) is 14.5. The first kappa shape index (κ1) is 15.7. The zero-order valence-electron chi connectivity index (χ0n) is 12.7. The molecule has 1 aromatic carbocycles. The van der Waals surface area contributed by atoms with Crippen molar-refractivity contribution in [3.63, 3.8) is 0 Å². The van der Waals surface area contributed by atoms with E-state index in [1.807, 2.05) is 29.6 Å². The van der Waals surface area contributed by atoms with Crippen LogP contribution in [0.3, 0.4) is 0 Å². The Balaban J connectivity index is 1.66. The Morgan fingerprint density at radius 2 is 2.17 bits per heavy atom. The van der Waals surface area contributed by atoms with E-state index in [2.05, 4.69) is 15.6 Å². The van der Waals surface area contributed by atoms with Gasteiger partial charge in [-0.05, 0) is 46.8 Å². The third-order valence-electron chi connectivity index (χ3n) is 3.38. The van der Waals surface area contributed by atoms with Crippen LogP contribution in [0.2, 0.25) is 0 Å². The molecule has 0 fully saturated rings. The van der Waals surface area contributed by atoms with E-state index in [1.54, 1.807) is 48.0 Å². The molecule has 2 N–H and O–H groups in total. The second-order valence-electron chi connectivity index (χ2n) is 5.01. The minimum Gasteiger partial charge on any atom is -0.334 e. The molecule has 2 heterocycles. The Labute approximate surface area is 143 Å². The highest BCUT2D eigenvalue weighted by Gasteiger charge is 2.08. The lowest BCUT2D eigenvalue weighted by Gasteiger charge is -2.10. The molecule has 0 aliphatic carbocycles. The van der Waals surface area contributed by atoms with Gasteiger partial charge in [-0.3, -0.25) is 4.98 Å². The van der Waals surface area contributed by atoms with Gasteiger partial charge in [-0.15, -0.1) is 11.3 Å². The van der Waals surface area contributed by atoms with E-state index in [0.717, 1.165) is 16.0 Å². The molecule has 0 aliphatic heterocycles. The van der Waals surface area contributed by atoms with Gasteiger partial charge in [-0.2, -0.15) is 5.26 Å². The summed E-state index contributed by atoms with van der Waals surface area (Å²) in [6.45, 7) is 0.366. The number of aromatic nitrogens is 1. The van der Waals surface area contributed by atoms with Gasteiger partial charge in [0.2, 0.25) is 0 Å². The second-order valence-corrected chi connectivity index (χ2v) is 5.96. The smallest absolute Gasteiger partial charge is 0.319 e. The van der Waals surface area contributed by atoms with Crippen molar-refractivity contribution in [3.05, 3.63) is 71.4 Å². The number of hydrogen-bond acceptors (Lipinski definition) is 4. The van der Waals surface area contributed by atoms with E-state index in [0.29, 0.717) is 17.8 Å². The molecule has 0 aliphatic rings. The van der Waals surface area contributed by atoms with Crippen LogP contribution >= 0.6 is 11.3 Å². The van der Waals surface area contributed by atoms with Gasteiger partial charge >= 0.3 is 6.03 Å². The Kier molecular flexibility index (Phi) is 4.84. The van der Waals surface area contributed by atoms with Crippen LogP contribution in [0.25, 0.3) is 10.4 Å². The van der Waals surface area contributed by atoms with Crippen LogP contribution in [0.5, 0.6) is 0 Å². The van der Waals surface area contributed by atoms with Crippen LogP contribution < -0.4 is 10.6 Å². The molecule has 0 atom stereocenters. The van der Waals surface area contributed by atoms with Gasteiger partial charge in [0.25, 0.3) is 0 Å². The first-order valence-corrected chi connectivity index (χ1v) is 8.16. The van der Waals surface area contributed by atoms with Crippen molar-refractivity contribution in [1.82, 2.24) is 10.3 Å². The molecule has 0 spiro atoms. The summed E-state index contributed by atoms with van der Waals surface area (Å²) in [5.41, 5.74) is 3.09. The maximum absolute atomic E-state index is 12.1. The summed E-state index contributed by atoms with van der Waals surface area (Å²) in [4.78, 5) is 17.3. The molecule has 3 aromatic rings. The fraction of sp³-hybridized carbons (Fsp3) is 0.0556. The number of nitriles is 1. The van der Waals surface area contributed by atoms with Crippen molar-refractivity contribution in [2.45, 2.75) is 6.54 Å². The van der Waals surface area contributed by atoms with E-state index in [4.69, 9.17) is 5.26 Å². The maximum Gasteiger partial charge on any atom is 0.319 e. The normalized spacial score (nSPS) is 9.96. The number of pyridine rings is 1. The number of amides is 2. The molecule has 0 unspecified atom stereocenters. The molecule has 0 radical (unpaired) electrons. The quantitative estimate of drug-likeness (QED) is 0.757. The zero-order chi connectivity index (χ0) is 16.8. The van der Waals surface area contributed by atoms with Crippen molar-refractivity contribution in [2.75, 3.05) is 5.32 Å². The van der Waals surface area contributed by atoms with Crippen LogP contribution in [-0.2, 0) is 6.54 Å². The number of carbonyl (C=O) groups is 1. The van der Waals surface area contributed by atoms with Gasteiger partial charge in [0.1, 0.15) is 0 Å². The zero-order valence-corrected chi connectivity index (χ0v) is 13.5. The molecule has 0 saturated carbocycles. The topological polar surface area (TPSA) is 77.8 Å². The van der Waals surface area contributed by atoms with Gasteiger partial charge in [-0.25, -0.2) is 4.79 Å². The number of hydrogen-bond donors (Lipinski definition) is 2. The van der Waals surface area contributed by atoms with Crippen molar-refractivity contribution < 1.29 is 4.79 Å². The van der Waals surface area contributed by atoms with Gasteiger partial charge < -0.3 is 10.6 Å². The second kappa shape index (κ2) is 7.40. The Morgan fingerprint density at radius 3 is 2.96 bits per heavy atom. The van der Waals surface area contributed by atoms with Crippen LogP contribution in [-0.4, -0.2) is 11.0 Å². The number of nitrogens with one attached hydrogen (secondary N) is 2. The SMILES string of the molecule is N#Cc1cccc(NC(=O)NCc2cnccc2-c2cccs2)c1. The predicted molar refractivity (Wildman–Crippen MR) is 94.6 cm³/mol. The highest BCUT2D eigenvalue weighted by atomic mass is 32.1. The molecule has 118 valence electrons.